The fourth-order valence-corrected chi connectivity index (χ4v) is 1.53. The summed E-state index contributed by atoms with van der Waals surface area (Å²) < 4.78 is 0. The number of amides is 1. The first-order valence-electron chi connectivity index (χ1n) is 4.64. The minimum Gasteiger partial charge on any atom is -0.352 e. The van der Waals surface area contributed by atoms with Crippen LogP contribution in [0.2, 0.25) is 0 Å². The molecule has 1 amide bonds. The van der Waals surface area contributed by atoms with Crippen LogP contribution in [0, 0.1) is 11.3 Å². The summed E-state index contributed by atoms with van der Waals surface area (Å²) in [6, 6.07) is 5.69. The lowest BCUT2D eigenvalue weighted by Gasteiger charge is -2.39. The lowest BCUT2D eigenvalue weighted by Crippen LogP contribution is -2.58. The van der Waals surface area contributed by atoms with E-state index in [-0.39, 0.29) is 6.04 Å². The van der Waals surface area contributed by atoms with Crippen molar-refractivity contribution in [2.75, 3.05) is 18.0 Å². The summed E-state index contributed by atoms with van der Waals surface area (Å²) in [5.74, 6) is 0.790. The number of anilines is 1. The largest absolute Gasteiger partial charge is 0.352 e. The predicted octanol–water partition coefficient (Wildman–Crippen LogP) is -0.112. The van der Waals surface area contributed by atoms with E-state index >= 15 is 0 Å². The monoisotopic (exact) mass is 202 g/mol. The second-order valence-electron chi connectivity index (χ2n) is 3.40. The molecular formula is C10H10N4O. The smallest absolute Gasteiger partial charge is 0.207 e. The van der Waals surface area contributed by atoms with Crippen LogP contribution in [0.1, 0.15) is 5.56 Å². The number of nitriles is 1. The molecule has 76 valence electrons. The number of carbonyl (C=O) groups is 1. The summed E-state index contributed by atoms with van der Waals surface area (Å²) in [4.78, 5) is 16.3. The molecule has 1 aromatic heterocycles. The van der Waals surface area contributed by atoms with E-state index in [1.165, 1.54) is 0 Å². The second-order valence-corrected chi connectivity index (χ2v) is 3.40. The van der Waals surface area contributed by atoms with Gasteiger partial charge in [-0.15, -0.1) is 0 Å². The Bertz CT molecular complexity index is 406. The third-order valence-electron chi connectivity index (χ3n) is 2.38. The summed E-state index contributed by atoms with van der Waals surface area (Å²) in [5.41, 5.74) is 0.604. The minimum absolute atomic E-state index is 0.204. The molecule has 1 aliphatic heterocycles. The number of rotatable bonds is 3. The molecule has 0 bridgehead atoms. The van der Waals surface area contributed by atoms with Crippen molar-refractivity contribution in [3.05, 3.63) is 23.9 Å². The lowest BCUT2D eigenvalue weighted by atomic mass is 10.1. The van der Waals surface area contributed by atoms with E-state index in [1.807, 2.05) is 4.90 Å². The van der Waals surface area contributed by atoms with Gasteiger partial charge in [-0.25, -0.2) is 4.98 Å². The summed E-state index contributed by atoms with van der Waals surface area (Å²) in [6.07, 6.45) is 2.33. The first-order valence-corrected chi connectivity index (χ1v) is 4.64. The zero-order chi connectivity index (χ0) is 10.7. The van der Waals surface area contributed by atoms with Gasteiger partial charge >= 0.3 is 0 Å². The molecule has 1 aromatic rings. The molecule has 0 aromatic carbocycles. The molecule has 15 heavy (non-hydrogen) atoms. The van der Waals surface area contributed by atoms with Crippen molar-refractivity contribution in [1.29, 1.82) is 5.26 Å². The Morgan fingerprint density at radius 3 is 3.13 bits per heavy atom. The molecule has 0 spiro atoms. The van der Waals surface area contributed by atoms with Gasteiger partial charge in [0.1, 0.15) is 5.82 Å². The highest BCUT2D eigenvalue weighted by Crippen LogP contribution is 2.18. The Balaban J connectivity index is 2.01. The fraction of sp³-hybridized carbons (Fsp3) is 0.300. The SMILES string of the molecule is N#Cc1ccnc(N2CC(NC=O)C2)c1. The van der Waals surface area contributed by atoms with E-state index in [2.05, 4.69) is 16.4 Å². The summed E-state index contributed by atoms with van der Waals surface area (Å²) in [7, 11) is 0. The molecule has 1 aliphatic rings. The number of aromatic nitrogens is 1. The lowest BCUT2D eigenvalue weighted by molar-refractivity contribution is -0.110. The summed E-state index contributed by atoms with van der Waals surface area (Å²) in [5, 5.41) is 11.4. The van der Waals surface area contributed by atoms with Gasteiger partial charge < -0.3 is 10.2 Å². The van der Waals surface area contributed by atoms with E-state index in [0.29, 0.717) is 12.0 Å². The van der Waals surface area contributed by atoms with Gasteiger partial charge in [0.2, 0.25) is 6.41 Å². The Labute approximate surface area is 87.3 Å². The van der Waals surface area contributed by atoms with Crippen molar-refractivity contribution in [2.24, 2.45) is 0 Å². The molecular weight excluding hydrogens is 192 g/mol. The number of hydrogen-bond donors (Lipinski definition) is 1. The van der Waals surface area contributed by atoms with Crippen LogP contribution in [0.3, 0.4) is 0 Å². The molecule has 1 fully saturated rings. The molecule has 0 radical (unpaired) electrons. The zero-order valence-electron chi connectivity index (χ0n) is 8.05. The molecule has 2 rings (SSSR count). The van der Waals surface area contributed by atoms with Crippen LogP contribution < -0.4 is 10.2 Å². The molecule has 2 heterocycles. The van der Waals surface area contributed by atoms with Gasteiger partial charge in [-0.05, 0) is 12.1 Å². The Morgan fingerprint density at radius 2 is 2.47 bits per heavy atom. The first kappa shape index (κ1) is 9.46. The van der Waals surface area contributed by atoms with Gasteiger partial charge in [-0.3, -0.25) is 4.79 Å². The average Bonchev–Trinajstić information content (AvgIpc) is 2.23. The third kappa shape index (κ3) is 1.89. The summed E-state index contributed by atoms with van der Waals surface area (Å²) >= 11 is 0. The molecule has 1 saturated heterocycles. The maximum Gasteiger partial charge on any atom is 0.207 e. The predicted molar refractivity (Wildman–Crippen MR) is 54.2 cm³/mol. The van der Waals surface area contributed by atoms with Gasteiger partial charge in [0.25, 0.3) is 0 Å². The van der Waals surface area contributed by atoms with Crippen LogP contribution in [0.15, 0.2) is 18.3 Å². The van der Waals surface area contributed by atoms with Gasteiger partial charge in [0, 0.05) is 19.3 Å². The number of nitrogens with one attached hydrogen (secondary N) is 1. The Hall–Kier alpha value is -2.09. The second kappa shape index (κ2) is 3.96. The maximum absolute atomic E-state index is 10.2. The topological polar surface area (TPSA) is 69.0 Å². The first-order chi connectivity index (χ1) is 7.33. The van der Waals surface area contributed by atoms with Crippen molar-refractivity contribution in [3.8, 4) is 6.07 Å². The van der Waals surface area contributed by atoms with Gasteiger partial charge in [0.05, 0.1) is 17.7 Å². The highest BCUT2D eigenvalue weighted by atomic mass is 16.1. The highest BCUT2D eigenvalue weighted by molar-refractivity contribution is 5.51. The molecule has 5 heteroatoms. The standard InChI is InChI=1S/C10H10N4O/c11-4-8-1-2-12-10(3-8)14-5-9(6-14)13-7-15/h1-3,7,9H,5-6H2,(H,13,15). The van der Waals surface area contributed by atoms with E-state index in [1.54, 1.807) is 18.3 Å². The van der Waals surface area contributed by atoms with Crippen molar-refractivity contribution in [2.45, 2.75) is 6.04 Å². The van der Waals surface area contributed by atoms with E-state index in [9.17, 15) is 4.79 Å². The molecule has 0 unspecified atom stereocenters. The van der Waals surface area contributed by atoms with Gasteiger partial charge in [-0.2, -0.15) is 5.26 Å². The van der Waals surface area contributed by atoms with Crippen LogP contribution in [0.4, 0.5) is 5.82 Å². The van der Waals surface area contributed by atoms with Crippen LogP contribution >= 0.6 is 0 Å². The zero-order valence-corrected chi connectivity index (χ0v) is 8.05. The third-order valence-corrected chi connectivity index (χ3v) is 2.38. The van der Waals surface area contributed by atoms with Gasteiger partial charge in [0.15, 0.2) is 0 Å². The normalized spacial score (nSPS) is 15.3. The number of pyridine rings is 1. The molecule has 1 N–H and O–H groups in total. The van der Waals surface area contributed by atoms with Crippen LogP contribution in [-0.4, -0.2) is 30.5 Å². The number of hydrogen-bond acceptors (Lipinski definition) is 4. The number of carbonyl (C=O) groups excluding carboxylic acids is 1. The van der Waals surface area contributed by atoms with Crippen molar-refractivity contribution >= 4 is 12.2 Å². The van der Waals surface area contributed by atoms with Crippen LogP contribution in [0.25, 0.3) is 0 Å². The molecule has 0 aliphatic carbocycles. The molecule has 0 saturated carbocycles. The quantitative estimate of drug-likeness (QED) is 0.694. The maximum atomic E-state index is 10.2. The molecule has 5 nitrogen and oxygen atoms in total. The highest BCUT2D eigenvalue weighted by Gasteiger charge is 2.26. The van der Waals surface area contributed by atoms with Gasteiger partial charge in [-0.1, -0.05) is 0 Å². The molecule has 0 atom stereocenters. The number of nitrogens with zero attached hydrogens (tertiary/aromatic N) is 3. The van der Waals surface area contributed by atoms with Crippen molar-refractivity contribution < 1.29 is 4.79 Å². The Kier molecular flexibility index (Phi) is 2.50. The van der Waals surface area contributed by atoms with Crippen molar-refractivity contribution in [1.82, 2.24) is 10.3 Å². The van der Waals surface area contributed by atoms with E-state index < -0.39 is 0 Å². The summed E-state index contributed by atoms with van der Waals surface area (Å²) in [6.45, 7) is 1.50. The Morgan fingerprint density at radius 1 is 1.67 bits per heavy atom. The fourth-order valence-electron chi connectivity index (χ4n) is 1.53. The van der Waals surface area contributed by atoms with E-state index in [0.717, 1.165) is 18.9 Å². The van der Waals surface area contributed by atoms with E-state index in [4.69, 9.17) is 5.26 Å². The van der Waals surface area contributed by atoms with Crippen molar-refractivity contribution in [3.63, 3.8) is 0 Å². The van der Waals surface area contributed by atoms with Crippen LogP contribution in [0.5, 0.6) is 0 Å². The van der Waals surface area contributed by atoms with Crippen LogP contribution in [-0.2, 0) is 4.79 Å². The minimum atomic E-state index is 0.204. The average molecular weight is 202 g/mol.